The van der Waals surface area contributed by atoms with Crippen molar-refractivity contribution in [1.82, 2.24) is 0 Å². The molecule has 2 fully saturated rings. The second-order valence-corrected chi connectivity index (χ2v) is 43.7. The summed E-state index contributed by atoms with van der Waals surface area (Å²) in [7, 11) is 0. The molecule has 16 atom stereocenters. The summed E-state index contributed by atoms with van der Waals surface area (Å²) in [6.45, 7) is 51.3. The summed E-state index contributed by atoms with van der Waals surface area (Å²) in [4.78, 5) is 0. The fraction of sp³-hybridized carbons (Fsp3) is 0.981. The maximum absolute atomic E-state index is 12.6. The highest BCUT2D eigenvalue weighted by Crippen LogP contribution is 2.49. The number of allylic oxidation sites excluding steroid dienone is 2. The maximum Gasteiger partial charge on any atom is 0.0923 e. The Bertz CT molecular complexity index is 2090. The Morgan fingerprint density at radius 3 is 0.920 bits per heavy atom. The fourth-order valence-electron chi connectivity index (χ4n) is 20.6. The molecule has 112 heavy (non-hydrogen) atoms. The molecule has 0 aromatic heterocycles. The van der Waals surface area contributed by atoms with E-state index in [9.17, 15) is 5.11 Å². The van der Waals surface area contributed by atoms with Crippen LogP contribution in [0.1, 0.15) is 563 Å². The van der Waals surface area contributed by atoms with Crippen LogP contribution >= 0.6 is 0 Å². The molecule has 2 aliphatic rings. The van der Waals surface area contributed by atoms with Gasteiger partial charge in [-0.05, 0) is 188 Å². The van der Waals surface area contributed by atoms with Crippen molar-refractivity contribution in [2.24, 2.45) is 76.9 Å². The molecule has 0 amide bonds. The molecule has 2 saturated heterocycles. The molecular formula is C108H212O4. The van der Waals surface area contributed by atoms with Crippen molar-refractivity contribution >= 4 is 0 Å². The van der Waals surface area contributed by atoms with Gasteiger partial charge in [-0.3, -0.25) is 0 Å². The summed E-state index contributed by atoms with van der Waals surface area (Å²) in [6.07, 6.45) is 90.4. The molecule has 0 aromatic rings. The fourth-order valence-corrected chi connectivity index (χ4v) is 20.6. The average molecular weight is 1570 g/mol. The van der Waals surface area contributed by atoms with Crippen LogP contribution in [0.5, 0.6) is 0 Å². The number of aliphatic hydroxyl groups is 1. The van der Waals surface area contributed by atoms with E-state index in [0.29, 0.717) is 23.7 Å². The van der Waals surface area contributed by atoms with E-state index in [-0.39, 0.29) is 23.9 Å². The highest BCUT2D eigenvalue weighted by atomic mass is 16.6. The lowest BCUT2D eigenvalue weighted by Gasteiger charge is -2.53. The minimum atomic E-state index is -0.859. The first-order valence-electron chi connectivity index (χ1n) is 51.9. The molecule has 1 N–H and O–H groups in total. The van der Waals surface area contributed by atoms with E-state index in [1.54, 1.807) is 0 Å². The first-order chi connectivity index (χ1) is 53.5. The summed E-state index contributed by atoms with van der Waals surface area (Å²) in [5.74, 6) is 10.0. The van der Waals surface area contributed by atoms with Crippen LogP contribution in [0.15, 0.2) is 12.2 Å². The van der Waals surface area contributed by atoms with Gasteiger partial charge in [0.25, 0.3) is 0 Å². The third-order valence-corrected chi connectivity index (χ3v) is 29.1. The second kappa shape index (κ2) is 66.2. The molecule has 2 heterocycles. The van der Waals surface area contributed by atoms with Crippen molar-refractivity contribution < 1.29 is 19.3 Å². The SMILES string of the molecule is CCCCCCCC/C=C/CCCCCCCCCCCCCCCCCC[C@@H]1CC[C@@H]([C@@](C)(CCCC(C)CCCC(C)CCCC(C)C)OC(C)(CCCC(C)CCCC(C)CCCC(C)C)[C@H]2CC[C@H](C(C)(O)CCCC(C)CCCC(C)CCCC(C)C)O2)O[C@@]1(C)CCCC(C)CCCC(C)CCCC(C)C. The molecule has 0 radical (unpaired) electrons. The lowest BCUT2D eigenvalue weighted by molar-refractivity contribution is -0.278. The standard InChI is InChI=1S/C108H212O4/c1-22-23-24-25-26-27-28-29-30-31-32-33-34-35-36-37-38-39-40-41-42-43-44-45-46-47-80-101-81-82-104(111-106(101,19)86-57-77-98(15)73-53-69-94(11)65-49-61-90(4)5)108(21,88-59-79-100(17)75-55-71-96(13)67-51-63-92(8)9)112-107(20,87-58-78-99(16)74-54-70-95(12)66-50-62-91(6)7)103-84-83-102(110-103)105(18,109)85-56-76-97(14)72-52-68-93(10)64-48-60-89(2)3/h29-30,89-104,109H,22-28,31-88H2,1-21H3/b30-29+/t93?,94?,95?,96?,97?,98?,99?,100?,101-,102-,103-,104+,105?,106+,107?,108-/m1/s1. The van der Waals surface area contributed by atoms with Crippen molar-refractivity contribution in [3.63, 3.8) is 0 Å². The molecular weight excluding hydrogens is 1360 g/mol. The van der Waals surface area contributed by atoms with Gasteiger partial charge in [-0.1, -0.05) is 464 Å². The smallest absolute Gasteiger partial charge is 0.0923 e. The largest absolute Gasteiger partial charge is 0.387 e. The predicted octanol–water partition coefficient (Wildman–Crippen LogP) is 36.5. The minimum Gasteiger partial charge on any atom is -0.387 e. The van der Waals surface area contributed by atoms with Gasteiger partial charge in [-0.15, -0.1) is 0 Å². The lowest BCUT2D eigenvalue weighted by atomic mass is 9.72. The highest BCUT2D eigenvalue weighted by Gasteiger charge is 2.53. The molecule has 2 rings (SSSR count). The van der Waals surface area contributed by atoms with Crippen LogP contribution in [-0.4, -0.2) is 45.8 Å². The van der Waals surface area contributed by atoms with Crippen LogP contribution in [0.3, 0.4) is 0 Å². The number of hydrogen-bond acceptors (Lipinski definition) is 4. The molecule has 0 spiro atoms. The van der Waals surface area contributed by atoms with Crippen LogP contribution in [-0.2, 0) is 14.2 Å². The lowest BCUT2D eigenvalue weighted by Crippen LogP contribution is -2.58. The zero-order valence-corrected chi connectivity index (χ0v) is 81.0. The molecule has 0 bridgehead atoms. The number of ether oxygens (including phenoxy) is 3. The van der Waals surface area contributed by atoms with E-state index < -0.39 is 16.8 Å². The summed E-state index contributed by atoms with van der Waals surface area (Å²) in [5, 5.41) is 12.6. The topological polar surface area (TPSA) is 47.9 Å². The van der Waals surface area contributed by atoms with Crippen LogP contribution in [0.2, 0.25) is 0 Å². The Labute approximate surface area is 707 Å². The second-order valence-electron chi connectivity index (χ2n) is 43.7. The third kappa shape index (κ3) is 55.5. The van der Waals surface area contributed by atoms with Gasteiger partial charge in [0.05, 0.1) is 40.7 Å². The highest BCUT2D eigenvalue weighted by molar-refractivity contribution is 5.02. The Balaban J connectivity index is 2.36. The van der Waals surface area contributed by atoms with Crippen LogP contribution < -0.4 is 0 Å². The zero-order valence-electron chi connectivity index (χ0n) is 81.0. The summed E-state index contributed by atoms with van der Waals surface area (Å²) in [6, 6.07) is 0. The third-order valence-electron chi connectivity index (χ3n) is 29.1. The van der Waals surface area contributed by atoms with Gasteiger partial charge in [0.1, 0.15) is 0 Å². The summed E-state index contributed by atoms with van der Waals surface area (Å²) in [5.41, 5.74) is -1.99. The predicted molar refractivity (Wildman–Crippen MR) is 502 cm³/mol. The maximum atomic E-state index is 12.6. The number of unbranched alkanes of at least 4 members (excludes halogenated alkanes) is 22. The normalized spacial score (nSPS) is 21.8. The molecule has 668 valence electrons. The van der Waals surface area contributed by atoms with E-state index in [4.69, 9.17) is 14.2 Å². The monoisotopic (exact) mass is 1570 g/mol. The van der Waals surface area contributed by atoms with Crippen LogP contribution in [0, 0.1) is 76.9 Å². The van der Waals surface area contributed by atoms with Crippen LogP contribution in [0.25, 0.3) is 0 Å². The average Bonchev–Trinajstić information content (AvgIpc) is 1.25. The Kier molecular flexibility index (Phi) is 63.7. The Morgan fingerprint density at radius 2 is 0.580 bits per heavy atom. The van der Waals surface area contributed by atoms with Crippen molar-refractivity contribution in [2.45, 2.75) is 603 Å². The molecule has 4 nitrogen and oxygen atoms in total. The van der Waals surface area contributed by atoms with Gasteiger partial charge in [0.2, 0.25) is 0 Å². The van der Waals surface area contributed by atoms with Crippen molar-refractivity contribution in [2.75, 3.05) is 0 Å². The van der Waals surface area contributed by atoms with Crippen molar-refractivity contribution in [1.29, 1.82) is 0 Å². The number of hydrogen-bond donors (Lipinski definition) is 1. The van der Waals surface area contributed by atoms with E-state index in [0.717, 1.165) is 111 Å². The van der Waals surface area contributed by atoms with Gasteiger partial charge < -0.3 is 19.3 Å². The molecule has 10 unspecified atom stereocenters. The van der Waals surface area contributed by atoms with E-state index in [2.05, 4.69) is 158 Å². The summed E-state index contributed by atoms with van der Waals surface area (Å²) < 4.78 is 24.0. The van der Waals surface area contributed by atoms with Crippen molar-refractivity contribution in [3.8, 4) is 0 Å². The molecule has 0 aromatic carbocycles. The van der Waals surface area contributed by atoms with Crippen LogP contribution in [0.4, 0.5) is 0 Å². The van der Waals surface area contributed by atoms with Crippen molar-refractivity contribution in [3.05, 3.63) is 12.2 Å². The minimum absolute atomic E-state index is 0.0356. The Hall–Kier alpha value is -0.420. The van der Waals surface area contributed by atoms with Gasteiger partial charge >= 0.3 is 0 Å². The van der Waals surface area contributed by atoms with E-state index in [1.165, 1.54) is 360 Å². The van der Waals surface area contributed by atoms with E-state index >= 15 is 0 Å². The molecule has 0 aliphatic carbocycles. The number of rotatable bonds is 79. The molecule has 2 aliphatic heterocycles. The van der Waals surface area contributed by atoms with E-state index in [1.807, 2.05) is 0 Å². The quantitative estimate of drug-likeness (QED) is 0.0487. The van der Waals surface area contributed by atoms with Gasteiger partial charge in [0, 0.05) is 0 Å². The zero-order chi connectivity index (χ0) is 82.7. The summed E-state index contributed by atoms with van der Waals surface area (Å²) >= 11 is 0. The molecule has 4 heteroatoms. The van der Waals surface area contributed by atoms with Gasteiger partial charge in [-0.2, -0.15) is 0 Å². The first-order valence-corrected chi connectivity index (χ1v) is 51.9. The first kappa shape index (κ1) is 108. The molecule has 0 saturated carbocycles. The Morgan fingerprint density at radius 1 is 0.312 bits per heavy atom. The van der Waals surface area contributed by atoms with Gasteiger partial charge in [0.15, 0.2) is 0 Å². The van der Waals surface area contributed by atoms with Gasteiger partial charge in [-0.25, -0.2) is 0 Å².